The zero-order valence-corrected chi connectivity index (χ0v) is 11.8. The average Bonchev–Trinajstić information content (AvgIpc) is 2.42. The normalized spacial score (nSPS) is 10.2. The van der Waals surface area contributed by atoms with Gasteiger partial charge in [-0.1, -0.05) is 6.07 Å². The van der Waals surface area contributed by atoms with Crippen molar-refractivity contribution in [3.63, 3.8) is 0 Å². The van der Waals surface area contributed by atoms with Gasteiger partial charge in [-0.25, -0.2) is 4.79 Å². The van der Waals surface area contributed by atoms with Crippen LogP contribution >= 0.6 is 15.9 Å². The number of rotatable bonds is 4. The van der Waals surface area contributed by atoms with Gasteiger partial charge >= 0.3 is 5.97 Å². The van der Waals surface area contributed by atoms with Gasteiger partial charge in [0.2, 0.25) is 0 Å². The molecule has 2 rings (SSSR count). The van der Waals surface area contributed by atoms with E-state index in [0.717, 1.165) is 5.56 Å². The number of nitrogens with zero attached hydrogens (tertiary/aromatic N) is 1. The van der Waals surface area contributed by atoms with Gasteiger partial charge in [0.25, 0.3) is 0 Å². The highest BCUT2D eigenvalue weighted by atomic mass is 79.9. The van der Waals surface area contributed by atoms with E-state index in [1.54, 1.807) is 30.6 Å². The third kappa shape index (κ3) is 3.79. The predicted octanol–water partition coefficient (Wildman–Crippen LogP) is 2.83. The molecule has 0 aliphatic rings. The second-order valence-corrected chi connectivity index (χ2v) is 4.84. The summed E-state index contributed by atoms with van der Waals surface area (Å²) in [5.74, 6) is -0.386. The SMILES string of the molecule is Nc1ccc(Br)c(C(=O)OCCc2cccnc2)c1. The largest absolute Gasteiger partial charge is 0.462 e. The summed E-state index contributed by atoms with van der Waals surface area (Å²) >= 11 is 3.30. The highest BCUT2D eigenvalue weighted by Gasteiger charge is 2.11. The van der Waals surface area contributed by atoms with Crippen LogP contribution in [0.1, 0.15) is 15.9 Å². The monoisotopic (exact) mass is 320 g/mol. The van der Waals surface area contributed by atoms with Gasteiger partial charge in [-0.3, -0.25) is 4.98 Å². The number of halogens is 1. The molecule has 0 saturated heterocycles. The van der Waals surface area contributed by atoms with Crippen molar-refractivity contribution in [3.8, 4) is 0 Å². The van der Waals surface area contributed by atoms with E-state index in [9.17, 15) is 4.79 Å². The van der Waals surface area contributed by atoms with Gasteiger partial charge in [0.15, 0.2) is 0 Å². The maximum absolute atomic E-state index is 11.9. The number of pyridine rings is 1. The molecule has 1 heterocycles. The first-order chi connectivity index (χ1) is 9.16. The molecule has 1 aromatic heterocycles. The minimum Gasteiger partial charge on any atom is -0.462 e. The van der Waals surface area contributed by atoms with Crippen LogP contribution in [-0.2, 0) is 11.2 Å². The number of hydrogen-bond acceptors (Lipinski definition) is 4. The Morgan fingerprint density at radius 2 is 2.21 bits per heavy atom. The maximum atomic E-state index is 11.9. The third-order valence-corrected chi connectivity index (χ3v) is 3.25. The summed E-state index contributed by atoms with van der Waals surface area (Å²) in [6, 6.07) is 8.84. The van der Waals surface area contributed by atoms with E-state index < -0.39 is 0 Å². The Morgan fingerprint density at radius 1 is 1.37 bits per heavy atom. The third-order valence-electron chi connectivity index (χ3n) is 2.56. The van der Waals surface area contributed by atoms with Crippen LogP contribution in [0.5, 0.6) is 0 Å². The number of nitrogen functional groups attached to an aromatic ring is 1. The molecule has 0 saturated carbocycles. The lowest BCUT2D eigenvalue weighted by atomic mass is 10.2. The Balaban J connectivity index is 1.93. The average molecular weight is 321 g/mol. The van der Waals surface area contributed by atoms with Crippen molar-refractivity contribution in [1.29, 1.82) is 0 Å². The number of nitrogens with two attached hydrogens (primary N) is 1. The number of aromatic nitrogens is 1. The first-order valence-electron chi connectivity index (χ1n) is 5.78. The summed E-state index contributed by atoms with van der Waals surface area (Å²) in [7, 11) is 0. The molecule has 0 fully saturated rings. The lowest BCUT2D eigenvalue weighted by Crippen LogP contribution is -2.09. The fourth-order valence-corrected chi connectivity index (χ4v) is 1.99. The Morgan fingerprint density at radius 3 is 2.95 bits per heavy atom. The highest BCUT2D eigenvalue weighted by Crippen LogP contribution is 2.20. The summed E-state index contributed by atoms with van der Waals surface area (Å²) in [6.45, 7) is 0.311. The second-order valence-electron chi connectivity index (χ2n) is 3.99. The summed E-state index contributed by atoms with van der Waals surface area (Å²) in [6.07, 6.45) is 4.10. The van der Waals surface area contributed by atoms with Crippen LogP contribution < -0.4 is 5.73 Å². The molecule has 4 nitrogen and oxygen atoms in total. The first kappa shape index (κ1) is 13.5. The van der Waals surface area contributed by atoms with E-state index in [4.69, 9.17) is 10.5 Å². The Labute approximate surface area is 119 Å². The number of carbonyl (C=O) groups is 1. The zero-order valence-electron chi connectivity index (χ0n) is 10.2. The van der Waals surface area contributed by atoms with Crippen molar-refractivity contribution in [3.05, 3.63) is 58.3 Å². The van der Waals surface area contributed by atoms with Crippen molar-refractivity contribution < 1.29 is 9.53 Å². The van der Waals surface area contributed by atoms with Crippen molar-refractivity contribution in [2.75, 3.05) is 12.3 Å². The molecule has 0 bridgehead atoms. The van der Waals surface area contributed by atoms with Gasteiger partial charge in [-0.15, -0.1) is 0 Å². The molecular weight excluding hydrogens is 308 g/mol. The predicted molar refractivity (Wildman–Crippen MR) is 76.8 cm³/mol. The van der Waals surface area contributed by atoms with Crippen molar-refractivity contribution in [1.82, 2.24) is 4.98 Å². The fraction of sp³-hybridized carbons (Fsp3) is 0.143. The molecule has 0 amide bonds. The minimum atomic E-state index is -0.386. The number of esters is 1. The van der Waals surface area contributed by atoms with E-state index in [1.807, 2.05) is 12.1 Å². The molecule has 0 aliphatic carbocycles. The minimum absolute atomic E-state index is 0.311. The van der Waals surface area contributed by atoms with Crippen molar-refractivity contribution >= 4 is 27.6 Å². The molecule has 5 heteroatoms. The Bertz CT molecular complexity index is 573. The lowest BCUT2D eigenvalue weighted by molar-refractivity contribution is 0.0508. The molecule has 0 spiro atoms. The Hall–Kier alpha value is -1.88. The molecular formula is C14H13BrN2O2. The number of benzene rings is 1. The second kappa shape index (κ2) is 6.33. The molecule has 0 atom stereocenters. The van der Waals surface area contributed by atoms with Crippen LogP contribution in [0.25, 0.3) is 0 Å². The topological polar surface area (TPSA) is 65.2 Å². The van der Waals surface area contributed by atoms with Crippen LogP contribution in [0.2, 0.25) is 0 Å². The molecule has 19 heavy (non-hydrogen) atoms. The molecule has 2 aromatic rings. The molecule has 2 N–H and O–H groups in total. The summed E-state index contributed by atoms with van der Waals surface area (Å²) in [4.78, 5) is 15.9. The quantitative estimate of drug-likeness (QED) is 0.695. The van der Waals surface area contributed by atoms with Gasteiger partial charge < -0.3 is 10.5 Å². The number of hydrogen-bond donors (Lipinski definition) is 1. The van der Waals surface area contributed by atoms with Crippen LogP contribution in [0.15, 0.2) is 47.2 Å². The van der Waals surface area contributed by atoms with Gasteiger partial charge in [-0.05, 0) is 45.8 Å². The van der Waals surface area contributed by atoms with E-state index in [1.165, 1.54) is 0 Å². The standard InChI is InChI=1S/C14H13BrN2O2/c15-13-4-3-11(16)8-12(13)14(18)19-7-5-10-2-1-6-17-9-10/h1-4,6,8-9H,5,7,16H2. The van der Waals surface area contributed by atoms with Gasteiger partial charge in [0.1, 0.15) is 0 Å². The van der Waals surface area contributed by atoms with E-state index in [-0.39, 0.29) is 5.97 Å². The zero-order chi connectivity index (χ0) is 13.7. The van der Waals surface area contributed by atoms with Crippen LogP contribution in [0, 0.1) is 0 Å². The van der Waals surface area contributed by atoms with Gasteiger partial charge in [0, 0.05) is 29.0 Å². The fourth-order valence-electron chi connectivity index (χ4n) is 1.58. The van der Waals surface area contributed by atoms with Crippen LogP contribution in [0.4, 0.5) is 5.69 Å². The molecule has 1 aromatic carbocycles. The van der Waals surface area contributed by atoms with E-state index in [0.29, 0.717) is 28.8 Å². The first-order valence-corrected chi connectivity index (χ1v) is 6.57. The number of anilines is 1. The summed E-state index contributed by atoms with van der Waals surface area (Å²) < 4.78 is 5.89. The summed E-state index contributed by atoms with van der Waals surface area (Å²) in [5.41, 5.74) is 7.64. The molecule has 0 aliphatic heterocycles. The van der Waals surface area contributed by atoms with E-state index >= 15 is 0 Å². The maximum Gasteiger partial charge on any atom is 0.339 e. The van der Waals surface area contributed by atoms with Gasteiger partial charge in [0.05, 0.1) is 12.2 Å². The highest BCUT2D eigenvalue weighted by molar-refractivity contribution is 9.10. The molecule has 0 unspecified atom stereocenters. The summed E-state index contributed by atoms with van der Waals surface area (Å²) in [5, 5.41) is 0. The molecule has 0 radical (unpaired) electrons. The van der Waals surface area contributed by atoms with E-state index in [2.05, 4.69) is 20.9 Å². The lowest BCUT2D eigenvalue weighted by Gasteiger charge is -2.07. The smallest absolute Gasteiger partial charge is 0.339 e. The molecule has 98 valence electrons. The number of carbonyl (C=O) groups excluding carboxylic acids is 1. The van der Waals surface area contributed by atoms with Crippen LogP contribution in [-0.4, -0.2) is 17.6 Å². The van der Waals surface area contributed by atoms with Crippen molar-refractivity contribution in [2.24, 2.45) is 0 Å². The Kier molecular flexibility index (Phi) is 4.52. The number of ether oxygens (including phenoxy) is 1. The van der Waals surface area contributed by atoms with Crippen LogP contribution in [0.3, 0.4) is 0 Å². The van der Waals surface area contributed by atoms with Gasteiger partial charge in [-0.2, -0.15) is 0 Å². The van der Waals surface area contributed by atoms with Crippen molar-refractivity contribution in [2.45, 2.75) is 6.42 Å².